The van der Waals surface area contributed by atoms with Crippen LogP contribution in [0, 0.1) is 11.6 Å². The second-order valence-electron chi connectivity index (χ2n) is 4.35. The molecule has 20 heavy (non-hydrogen) atoms. The molecular formula is C15H13BrF2O2. The van der Waals surface area contributed by atoms with Gasteiger partial charge in [0.1, 0.15) is 24.0 Å². The number of aliphatic hydroxyl groups excluding tert-OH is 1. The minimum Gasteiger partial charge on any atom is -0.488 e. The van der Waals surface area contributed by atoms with Crippen LogP contribution in [0.15, 0.2) is 40.9 Å². The van der Waals surface area contributed by atoms with Gasteiger partial charge in [-0.1, -0.05) is 22.0 Å². The molecule has 0 aliphatic heterocycles. The molecular weight excluding hydrogens is 330 g/mol. The fourth-order valence-electron chi connectivity index (χ4n) is 1.80. The molecule has 2 aromatic rings. The highest BCUT2D eigenvalue weighted by Gasteiger charge is 2.13. The number of aliphatic hydroxyl groups is 1. The van der Waals surface area contributed by atoms with E-state index in [4.69, 9.17) is 4.74 Å². The van der Waals surface area contributed by atoms with Gasteiger partial charge in [0.2, 0.25) is 0 Å². The Hall–Kier alpha value is -1.46. The van der Waals surface area contributed by atoms with E-state index >= 15 is 0 Å². The van der Waals surface area contributed by atoms with E-state index < -0.39 is 17.7 Å². The lowest BCUT2D eigenvalue weighted by atomic mass is 10.1. The van der Waals surface area contributed by atoms with Gasteiger partial charge in [-0.3, -0.25) is 0 Å². The minimum atomic E-state index is -0.743. The highest BCUT2D eigenvalue weighted by molar-refractivity contribution is 9.10. The second kappa shape index (κ2) is 6.33. The lowest BCUT2D eigenvalue weighted by Gasteiger charge is -2.14. The van der Waals surface area contributed by atoms with Crippen LogP contribution in [0.25, 0.3) is 0 Å². The lowest BCUT2D eigenvalue weighted by Crippen LogP contribution is -2.04. The Kier molecular flexibility index (Phi) is 4.73. The molecule has 0 aliphatic rings. The third-order valence-electron chi connectivity index (χ3n) is 2.86. The normalized spacial score (nSPS) is 12.2. The number of benzene rings is 2. The number of ether oxygens (including phenoxy) is 1. The van der Waals surface area contributed by atoms with Gasteiger partial charge in [0.25, 0.3) is 0 Å². The SMILES string of the molecule is C[C@H](O)c1cc(Br)ccc1OCc1c(F)cccc1F. The molecule has 1 N–H and O–H groups in total. The molecule has 2 rings (SSSR count). The van der Waals surface area contributed by atoms with Crippen molar-refractivity contribution in [1.82, 2.24) is 0 Å². The van der Waals surface area contributed by atoms with E-state index in [1.807, 2.05) is 0 Å². The highest BCUT2D eigenvalue weighted by atomic mass is 79.9. The van der Waals surface area contributed by atoms with Crippen molar-refractivity contribution in [3.8, 4) is 5.75 Å². The van der Waals surface area contributed by atoms with Crippen molar-refractivity contribution in [2.45, 2.75) is 19.6 Å². The largest absolute Gasteiger partial charge is 0.488 e. The van der Waals surface area contributed by atoms with Crippen LogP contribution < -0.4 is 4.74 Å². The molecule has 106 valence electrons. The van der Waals surface area contributed by atoms with Gasteiger partial charge in [-0.05, 0) is 37.3 Å². The average Bonchev–Trinajstić information content (AvgIpc) is 2.39. The van der Waals surface area contributed by atoms with Gasteiger partial charge in [0, 0.05) is 10.0 Å². The standard InChI is InChI=1S/C15H13BrF2O2/c1-9(19)11-7-10(16)5-6-15(11)20-8-12-13(17)3-2-4-14(12)18/h2-7,9,19H,8H2,1H3/t9-/m0/s1. The van der Waals surface area contributed by atoms with Crippen molar-refractivity contribution in [2.24, 2.45) is 0 Å². The van der Waals surface area contributed by atoms with E-state index in [1.165, 1.54) is 18.2 Å². The molecule has 0 saturated carbocycles. The molecule has 0 saturated heterocycles. The molecule has 0 heterocycles. The molecule has 0 unspecified atom stereocenters. The molecule has 0 spiro atoms. The topological polar surface area (TPSA) is 29.5 Å². The van der Waals surface area contributed by atoms with Crippen LogP contribution in [0.5, 0.6) is 5.75 Å². The summed E-state index contributed by atoms with van der Waals surface area (Å²) in [5.74, 6) is -0.910. The Morgan fingerprint density at radius 1 is 1.20 bits per heavy atom. The van der Waals surface area contributed by atoms with Crippen molar-refractivity contribution < 1.29 is 18.6 Å². The van der Waals surface area contributed by atoms with Gasteiger partial charge in [-0.2, -0.15) is 0 Å². The molecule has 5 heteroatoms. The molecule has 2 aromatic carbocycles. The summed E-state index contributed by atoms with van der Waals surface area (Å²) in [5, 5.41) is 9.69. The molecule has 0 aromatic heterocycles. The number of halogens is 3. The van der Waals surface area contributed by atoms with Crippen LogP contribution in [-0.4, -0.2) is 5.11 Å². The summed E-state index contributed by atoms with van der Waals surface area (Å²) < 4.78 is 33.2. The molecule has 1 atom stereocenters. The zero-order valence-corrected chi connectivity index (χ0v) is 12.3. The maximum absolute atomic E-state index is 13.5. The van der Waals surface area contributed by atoms with E-state index in [1.54, 1.807) is 25.1 Å². The maximum atomic E-state index is 13.5. The fraction of sp³-hybridized carbons (Fsp3) is 0.200. The van der Waals surface area contributed by atoms with Gasteiger partial charge in [-0.15, -0.1) is 0 Å². The zero-order chi connectivity index (χ0) is 14.7. The Morgan fingerprint density at radius 3 is 2.45 bits per heavy atom. The second-order valence-corrected chi connectivity index (χ2v) is 5.26. The van der Waals surface area contributed by atoms with E-state index in [0.29, 0.717) is 11.3 Å². The smallest absolute Gasteiger partial charge is 0.132 e. The van der Waals surface area contributed by atoms with Crippen molar-refractivity contribution in [3.63, 3.8) is 0 Å². The summed E-state index contributed by atoms with van der Waals surface area (Å²) in [4.78, 5) is 0. The molecule has 0 radical (unpaired) electrons. The Morgan fingerprint density at radius 2 is 1.85 bits per heavy atom. The fourth-order valence-corrected chi connectivity index (χ4v) is 2.18. The first-order valence-corrected chi connectivity index (χ1v) is 6.81. The van der Waals surface area contributed by atoms with Crippen molar-refractivity contribution in [2.75, 3.05) is 0 Å². The van der Waals surface area contributed by atoms with Gasteiger partial charge in [0.05, 0.1) is 11.7 Å². The summed E-state index contributed by atoms with van der Waals surface area (Å²) >= 11 is 3.30. The predicted octanol–water partition coefficient (Wildman–Crippen LogP) is 4.36. The lowest BCUT2D eigenvalue weighted by molar-refractivity contribution is 0.189. The van der Waals surface area contributed by atoms with Crippen LogP contribution >= 0.6 is 15.9 Å². The van der Waals surface area contributed by atoms with Crippen molar-refractivity contribution in [3.05, 3.63) is 63.6 Å². The van der Waals surface area contributed by atoms with E-state index in [2.05, 4.69) is 15.9 Å². The number of hydrogen-bond acceptors (Lipinski definition) is 2. The number of hydrogen-bond donors (Lipinski definition) is 1. The third-order valence-corrected chi connectivity index (χ3v) is 3.35. The van der Waals surface area contributed by atoms with Gasteiger partial charge in [0.15, 0.2) is 0 Å². The monoisotopic (exact) mass is 342 g/mol. The third kappa shape index (κ3) is 3.35. The molecule has 0 amide bonds. The first-order valence-electron chi connectivity index (χ1n) is 6.02. The predicted molar refractivity (Wildman–Crippen MR) is 75.5 cm³/mol. The highest BCUT2D eigenvalue weighted by Crippen LogP contribution is 2.29. The van der Waals surface area contributed by atoms with Gasteiger partial charge >= 0.3 is 0 Å². The zero-order valence-electron chi connectivity index (χ0n) is 10.7. The Bertz CT molecular complexity index is 595. The van der Waals surface area contributed by atoms with Gasteiger partial charge < -0.3 is 9.84 Å². The summed E-state index contributed by atoms with van der Waals surface area (Å²) in [7, 11) is 0. The van der Waals surface area contributed by atoms with Crippen molar-refractivity contribution in [1.29, 1.82) is 0 Å². The average molecular weight is 343 g/mol. The Labute approximate surface area is 124 Å². The van der Waals surface area contributed by atoms with Crippen LogP contribution in [-0.2, 0) is 6.61 Å². The summed E-state index contributed by atoms with van der Waals surface area (Å²) in [6.07, 6.45) is -0.743. The van der Waals surface area contributed by atoms with Crippen LogP contribution in [0.3, 0.4) is 0 Å². The molecule has 0 aliphatic carbocycles. The Balaban J connectivity index is 2.23. The number of rotatable bonds is 4. The quantitative estimate of drug-likeness (QED) is 0.894. The first-order chi connectivity index (χ1) is 9.49. The first kappa shape index (κ1) is 14.9. The summed E-state index contributed by atoms with van der Waals surface area (Å²) in [6, 6.07) is 8.74. The van der Waals surface area contributed by atoms with E-state index in [0.717, 1.165) is 4.47 Å². The summed E-state index contributed by atoms with van der Waals surface area (Å²) in [5.41, 5.74) is 0.420. The van der Waals surface area contributed by atoms with Crippen LogP contribution in [0.4, 0.5) is 8.78 Å². The van der Waals surface area contributed by atoms with E-state index in [-0.39, 0.29) is 12.2 Å². The summed E-state index contributed by atoms with van der Waals surface area (Å²) in [6.45, 7) is 1.36. The molecule has 0 bridgehead atoms. The van der Waals surface area contributed by atoms with Crippen LogP contribution in [0.1, 0.15) is 24.2 Å². The molecule has 0 fully saturated rings. The van der Waals surface area contributed by atoms with Gasteiger partial charge in [-0.25, -0.2) is 8.78 Å². The minimum absolute atomic E-state index is 0.132. The van der Waals surface area contributed by atoms with Crippen LogP contribution in [0.2, 0.25) is 0 Å². The maximum Gasteiger partial charge on any atom is 0.132 e. The van der Waals surface area contributed by atoms with E-state index in [9.17, 15) is 13.9 Å². The molecule has 2 nitrogen and oxygen atoms in total. The van der Waals surface area contributed by atoms with Crippen molar-refractivity contribution >= 4 is 15.9 Å².